The largest absolute Gasteiger partial charge is 0.357 e. The lowest BCUT2D eigenvalue weighted by molar-refractivity contribution is -0.119. The quantitative estimate of drug-likeness (QED) is 0.444. The lowest BCUT2D eigenvalue weighted by atomic mass is 10.4. The van der Waals surface area contributed by atoms with Crippen molar-refractivity contribution < 1.29 is 4.79 Å². The first-order valence-corrected chi connectivity index (χ1v) is 6.05. The van der Waals surface area contributed by atoms with E-state index in [0.717, 1.165) is 25.6 Å². The van der Waals surface area contributed by atoms with E-state index in [2.05, 4.69) is 20.9 Å². The zero-order chi connectivity index (χ0) is 11.8. The van der Waals surface area contributed by atoms with Crippen molar-refractivity contribution in [3.63, 3.8) is 0 Å². The van der Waals surface area contributed by atoms with Gasteiger partial charge in [-0.3, -0.25) is 4.79 Å². The zero-order valence-corrected chi connectivity index (χ0v) is 10.2. The van der Waals surface area contributed by atoms with Gasteiger partial charge >= 0.3 is 0 Å². The van der Waals surface area contributed by atoms with Gasteiger partial charge in [0.25, 0.3) is 0 Å². The number of carbonyl (C=O) groups excluding carboxylic acids is 1. The summed E-state index contributed by atoms with van der Waals surface area (Å²) in [5.41, 5.74) is 0. The molecule has 0 spiro atoms. The molecule has 0 unspecified atom stereocenters. The van der Waals surface area contributed by atoms with Gasteiger partial charge in [0.1, 0.15) is 6.54 Å². The highest BCUT2D eigenvalue weighted by molar-refractivity contribution is 5.84. The second-order valence-corrected chi connectivity index (χ2v) is 3.97. The Hall–Kier alpha value is -1.26. The van der Waals surface area contributed by atoms with Crippen molar-refractivity contribution in [2.24, 2.45) is 10.9 Å². The average molecular weight is 226 g/mol. The van der Waals surface area contributed by atoms with Crippen LogP contribution in [-0.2, 0) is 4.79 Å². The molecule has 1 fully saturated rings. The number of guanidine groups is 1. The molecule has 0 aromatic heterocycles. The van der Waals surface area contributed by atoms with Crippen molar-refractivity contribution in [3.05, 3.63) is 0 Å². The number of amides is 1. The van der Waals surface area contributed by atoms with Crippen LogP contribution in [0.2, 0.25) is 0 Å². The Bertz CT molecular complexity index is 240. The van der Waals surface area contributed by atoms with Crippen LogP contribution >= 0.6 is 0 Å². The van der Waals surface area contributed by atoms with E-state index in [9.17, 15) is 4.79 Å². The lowest BCUT2D eigenvalue weighted by Crippen LogP contribution is -2.38. The van der Waals surface area contributed by atoms with Crippen molar-refractivity contribution in [1.82, 2.24) is 16.0 Å². The van der Waals surface area contributed by atoms with Gasteiger partial charge in [-0.25, -0.2) is 4.99 Å². The van der Waals surface area contributed by atoms with Crippen molar-refractivity contribution in [2.75, 3.05) is 26.2 Å². The maximum Gasteiger partial charge on any atom is 0.241 e. The van der Waals surface area contributed by atoms with Crippen molar-refractivity contribution >= 4 is 11.9 Å². The number of hydrogen-bond donors (Lipinski definition) is 3. The average Bonchev–Trinajstić information content (AvgIpc) is 3.07. The number of aliphatic imine (C=N–C) groups is 1. The summed E-state index contributed by atoms with van der Waals surface area (Å²) in [4.78, 5) is 15.6. The molecule has 1 saturated carbocycles. The predicted octanol–water partition coefficient (Wildman–Crippen LogP) is 0.0876. The highest BCUT2D eigenvalue weighted by atomic mass is 16.1. The Morgan fingerprint density at radius 1 is 1.19 bits per heavy atom. The van der Waals surface area contributed by atoms with Gasteiger partial charge < -0.3 is 16.0 Å². The number of rotatable bonds is 6. The molecule has 0 aliphatic heterocycles. The second kappa shape index (κ2) is 7.09. The topological polar surface area (TPSA) is 65.5 Å². The van der Waals surface area contributed by atoms with Crippen LogP contribution < -0.4 is 16.0 Å². The maximum absolute atomic E-state index is 11.4. The molecule has 0 saturated heterocycles. The first-order chi connectivity index (χ1) is 7.76. The van der Waals surface area contributed by atoms with Crippen LogP contribution in [0.25, 0.3) is 0 Å². The molecular formula is C11H22N4O. The Labute approximate surface area is 97.1 Å². The van der Waals surface area contributed by atoms with Gasteiger partial charge in [0.15, 0.2) is 5.96 Å². The molecule has 0 aromatic rings. The molecule has 0 radical (unpaired) electrons. The van der Waals surface area contributed by atoms with Crippen molar-refractivity contribution in [1.29, 1.82) is 0 Å². The fourth-order valence-electron chi connectivity index (χ4n) is 1.30. The Morgan fingerprint density at radius 3 is 2.31 bits per heavy atom. The SMILES string of the molecule is CCNC(=NCC(=O)NCC1CC1)NCC. The molecule has 0 bridgehead atoms. The molecule has 5 nitrogen and oxygen atoms in total. The maximum atomic E-state index is 11.4. The van der Waals surface area contributed by atoms with Crippen LogP contribution in [0, 0.1) is 5.92 Å². The summed E-state index contributed by atoms with van der Waals surface area (Å²) in [7, 11) is 0. The molecule has 92 valence electrons. The van der Waals surface area contributed by atoms with Crippen LogP contribution in [0.3, 0.4) is 0 Å². The van der Waals surface area contributed by atoms with E-state index in [-0.39, 0.29) is 12.5 Å². The highest BCUT2D eigenvalue weighted by Gasteiger charge is 2.21. The summed E-state index contributed by atoms with van der Waals surface area (Å²) < 4.78 is 0. The fraction of sp³-hybridized carbons (Fsp3) is 0.818. The van der Waals surface area contributed by atoms with Crippen LogP contribution in [-0.4, -0.2) is 38.0 Å². The van der Waals surface area contributed by atoms with E-state index in [1.807, 2.05) is 13.8 Å². The summed E-state index contributed by atoms with van der Waals surface area (Å²) in [6.45, 7) is 6.61. The lowest BCUT2D eigenvalue weighted by Gasteiger charge is -2.09. The second-order valence-electron chi connectivity index (χ2n) is 3.97. The standard InChI is InChI=1S/C11H22N4O/c1-3-12-11(13-4-2)15-8-10(16)14-7-9-5-6-9/h9H,3-8H2,1-2H3,(H,14,16)(H2,12,13,15). The summed E-state index contributed by atoms with van der Waals surface area (Å²) in [5, 5.41) is 9.03. The van der Waals surface area contributed by atoms with Gasteiger partial charge in [0.2, 0.25) is 5.91 Å². The minimum Gasteiger partial charge on any atom is -0.357 e. The molecular weight excluding hydrogens is 204 g/mol. The third-order valence-corrected chi connectivity index (χ3v) is 2.35. The molecule has 0 heterocycles. The summed E-state index contributed by atoms with van der Waals surface area (Å²) in [5.74, 6) is 1.42. The molecule has 0 atom stereocenters. The van der Waals surface area contributed by atoms with E-state index >= 15 is 0 Å². The smallest absolute Gasteiger partial charge is 0.241 e. The molecule has 1 aliphatic rings. The van der Waals surface area contributed by atoms with E-state index in [0.29, 0.717) is 5.96 Å². The van der Waals surface area contributed by atoms with Crippen LogP contribution in [0.5, 0.6) is 0 Å². The van der Waals surface area contributed by atoms with Crippen LogP contribution in [0.15, 0.2) is 4.99 Å². The van der Waals surface area contributed by atoms with Gasteiger partial charge in [-0.05, 0) is 32.6 Å². The molecule has 5 heteroatoms. The first-order valence-electron chi connectivity index (χ1n) is 6.05. The van der Waals surface area contributed by atoms with E-state index in [1.54, 1.807) is 0 Å². The first kappa shape index (κ1) is 12.8. The van der Waals surface area contributed by atoms with Gasteiger partial charge in [-0.2, -0.15) is 0 Å². The monoisotopic (exact) mass is 226 g/mol. The molecule has 0 aromatic carbocycles. The normalized spacial score (nSPS) is 14.1. The van der Waals surface area contributed by atoms with Gasteiger partial charge in [0, 0.05) is 19.6 Å². The molecule has 1 aliphatic carbocycles. The van der Waals surface area contributed by atoms with Gasteiger partial charge in [0.05, 0.1) is 0 Å². The van der Waals surface area contributed by atoms with E-state index in [4.69, 9.17) is 0 Å². The van der Waals surface area contributed by atoms with Crippen molar-refractivity contribution in [3.8, 4) is 0 Å². The minimum absolute atomic E-state index is 0.000191. The summed E-state index contributed by atoms with van der Waals surface area (Å²) >= 11 is 0. The number of hydrogen-bond acceptors (Lipinski definition) is 2. The van der Waals surface area contributed by atoms with E-state index in [1.165, 1.54) is 12.8 Å². The highest BCUT2D eigenvalue weighted by Crippen LogP contribution is 2.27. The summed E-state index contributed by atoms with van der Waals surface area (Å²) in [6, 6.07) is 0. The van der Waals surface area contributed by atoms with Crippen LogP contribution in [0.1, 0.15) is 26.7 Å². The third-order valence-electron chi connectivity index (χ3n) is 2.35. The molecule has 16 heavy (non-hydrogen) atoms. The van der Waals surface area contributed by atoms with Crippen LogP contribution in [0.4, 0.5) is 0 Å². The third kappa shape index (κ3) is 5.58. The van der Waals surface area contributed by atoms with E-state index < -0.39 is 0 Å². The summed E-state index contributed by atoms with van der Waals surface area (Å²) in [6.07, 6.45) is 2.51. The minimum atomic E-state index is 0.000191. The van der Waals surface area contributed by atoms with Crippen molar-refractivity contribution in [2.45, 2.75) is 26.7 Å². The number of nitrogens with zero attached hydrogens (tertiary/aromatic N) is 1. The zero-order valence-electron chi connectivity index (χ0n) is 10.2. The Balaban J connectivity index is 2.20. The number of nitrogens with one attached hydrogen (secondary N) is 3. The number of carbonyl (C=O) groups is 1. The molecule has 1 rings (SSSR count). The molecule has 3 N–H and O–H groups in total. The molecule has 1 amide bonds. The Kier molecular flexibility index (Phi) is 5.67. The van der Waals surface area contributed by atoms with Gasteiger partial charge in [-0.1, -0.05) is 0 Å². The predicted molar refractivity (Wildman–Crippen MR) is 65.4 cm³/mol. The van der Waals surface area contributed by atoms with Gasteiger partial charge in [-0.15, -0.1) is 0 Å². The fourth-order valence-corrected chi connectivity index (χ4v) is 1.30. The Morgan fingerprint density at radius 2 is 1.81 bits per heavy atom.